The van der Waals surface area contributed by atoms with Crippen LogP contribution < -0.4 is 10.9 Å². The molecule has 0 radical (unpaired) electrons. The Morgan fingerprint density at radius 2 is 2.04 bits per heavy atom. The molecule has 2 bridgehead atoms. The third-order valence-electron chi connectivity index (χ3n) is 6.76. The van der Waals surface area contributed by atoms with E-state index in [1.54, 1.807) is 18.6 Å². The van der Waals surface area contributed by atoms with Gasteiger partial charge in [-0.3, -0.25) is 9.78 Å². The van der Waals surface area contributed by atoms with Gasteiger partial charge in [0.15, 0.2) is 0 Å². The van der Waals surface area contributed by atoms with Crippen LogP contribution in [0.3, 0.4) is 0 Å². The summed E-state index contributed by atoms with van der Waals surface area (Å²) >= 11 is 3.49. The van der Waals surface area contributed by atoms with Gasteiger partial charge in [0, 0.05) is 18.4 Å². The van der Waals surface area contributed by atoms with Crippen molar-refractivity contribution in [3.63, 3.8) is 0 Å². The second-order valence-corrected chi connectivity index (χ2v) is 9.19. The van der Waals surface area contributed by atoms with E-state index < -0.39 is 0 Å². The van der Waals surface area contributed by atoms with E-state index in [-0.39, 0.29) is 5.56 Å². The van der Waals surface area contributed by atoms with Crippen LogP contribution >= 0.6 is 15.9 Å². The molecule has 5 nitrogen and oxygen atoms in total. The average molecular weight is 417 g/mol. The summed E-state index contributed by atoms with van der Waals surface area (Å²) in [4.78, 5) is 16.7. The lowest BCUT2D eigenvalue weighted by Gasteiger charge is -2.62. The number of hydrogen-bond acceptors (Lipinski definition) is 4. The van der Waals surface area contributed by atoms with Crippen LogP contribution in [0.25, 0.3) is 0 Å². The zero-order chi connectivity index (χ0) is 18.5. The van der Waals surface area contributed by atoms with Gasteiger partial charge in [0.05, 0.1) is 18.4 Å². The molecule has 2 aromatic rings. The molecule has 1 unspecified atom stereocenters. The van der Waals surface area contributed by atoms with Gasteiger partial charge >= 0.3 is 0 Å². The first kappa shape index (κ1) is 17.7. The SMILES string of the molecule is C[C@H]1C(Nc2cnn(Cc3ccncc3)c(=O)c2Br)C[C@@H]2C[C@H]1C2(C)C. The third-order valence-corrected chi connectivity index (χ3v) is 7.53. The second-order valence-electron chi connectivity index (χ2n) is 8.40. The lowest BCUT2D eigenvalue weighted by atomic mass is 9.45. The fraction of sp³-hybridized carbons (Fsp3) is 0.550. The van der Waals surface area contributed by atoms with Crippen molar-refractivity contribution in [3.8, 4) is 0 Å². The maximum Gasteiger partial charge on any atom is 0.283 e. The summed E-state index contributed by atoms with van der Waals surface area (Å²) < 4.78 is 2.04. The zero-order valence-corrected chi connectivity index (χ0v) is 17.0. The molecule has 3 fully saturated rings. The van der Waals surface area contributed by atoms with Gasteiger partial charge in [0.2, 0.25) is 0 Å². The van der Waals surface area contributed by atoms with Crippen LogP contribution in [-0.4, -0.2) is 20.8 Å². The Balaban J connectivity index is 1.52. The molecule has 26 heavy (non-hydrogen) atoms. The molecule has 4 atom stereocenters. The molecular formula is C20H25BrN4O. The average Bonchev–Trinajstić information content (AvgIpc) is 2.63. The quantitative estimate of drug-likeness (QED) is 0.819. The molecule has 2 heterocycles. The van der Waals surface area contributed by atoms with Crippen molar-refractivity contribution in [2.24, 2.45) is 23.2 Å². The molecule has 3 aliphatic rings. The third kappa shape index (κ3) is 2.88. The fourth-order valence-electron chi connectivity index (χ4n) is 4.88. The lowest BCUT2D eigenvalue weighted by molar-refractivity contribution is -0.105. The van der Waals surface area contributed by atoms with E-state index in [1.165, 1.54) is 11.1 Å². The Morgan fingerprint density at radius 1 is 1.31 bits per heavy atom. The van der Waals surface area contributed by atoms with Crippen molar-refractivity contribution >= 4 is 21.6 Å². The number of aromatic nitrogens is 3. The minimum atomic E-state index is -0.110. The van der Waals surface area contributed by atoms with Crippen molar-refractivity contribution in [2.45, 2.75) is 46.2 Å². The summed E-state index contributed by atoms with van der Waals surface area (Å²) in [5, 5.41) is 7.97. The predicted octanol–water partition coefficient (Wildman–Crippen LogP) is 3.93. The smallest absolute Gasteiger partial charge is 0.283 e. The number of fused-ring (bicyclic) bond motifs is 2. The summed E-state index contributed by atoms with van der Waals surface area (Å²) in [5.74, 6) is 2.14. The number of pyridine rings is 1. The normalized spacial score (nSPS) is 29.1. The minimum absolute atomic E-state index is 0.110. The number of nitrogens with one attached hydrogen (secondary N) is 1. The number of halogens is 1. The highest BCUT2D eigenvalue weighted by molar-refractivity contribution is 9.10. The number of nitrogens with zero attached hydrogens (tertiary/aromatic N) is 3. The monoisotopic (exact) mass is 416 g/mol. The van der Waals surface area contributed by atoms with E-state index in [2.05, 4.69) is 52.1 Å². The summed E-state index contributed by atoms with van der Waals surface area (Å²) in [7, 11) is 0. The maximum atomic E-state index is 12.7. The molecule has 0 spiro atoms. The van der Waals surface area contributed by atoms with Crippen molar-refractivity contribution in [2.75, 3.05) is 5.32 Å². The molecule has 0 aromatic carbocycles. The van der Waals surface area contributed by atoms with Gasteiger partial charge in [-0.05, 0) is 69.6 Å². The molecule has 6 heteroatoms. The van der Waals surface area contributed by atoms with Crippen LogP contribution in [0.5, 0.6) is 0 Å². The van der Waals surface area contributed by atoms with Gasteiger partial charge in [-0.15, -0.1) is 0 Å². The van der Waals surface area contributed by atoms with Crippen LogP contribution in [0.15, 0.2) is 40.0 Å². The Hall–Kier alpha value is -1.69. The molecule has 3 saturated carbocycles. The Labute approximate surface area is 162 Å². The summed E-state index contributed by atoms with van der Waals surface area (Å²) in [5.41, 5.74) is 2.16. The van der Waals surface area contributed by atoms with Gasteiger partial charge in [-0.1, -0.05) is 20.8 Å². The van der Waals surface area contributed by atoms with Gasteiger partial charge in [0.25, 0.3) is 5.56 Å². The van der Waals surface area contributed by atoms with Gasteiger partial charge in [-0.25, -0.2) is 4.68 Å². The molecule has 3 aliphatic carbocycles. The molecular weight excluding hydrogens is 392 g/mol. The van der Waals surface area contributed by atoms with E-state index in [4.69, 9.17) is 0 Å². The fourth-order valence-corrected chi connectivity index (χ4v) is 5.30. The van der Waals surface area contributed by atoms with E-state index in [1.807, 2.05) is 12.1 Å². The van der Waals surface area contributed by atoms with Crippen LogP contribution in [0, 0.1) is 23.2 Å². The molecule has 0 saturated heterocycles. The first-order valence-electron chi connectivity index (χ1n) is 9.29. The number of anilines is 1. The van der Waals surface area contributed by atoms with E-state index in [0.717, 1.165) is 29.5 Å². The van der Waals surface area contributed by atoms with Crippen molar-refractivity contribution in [1.29, 1.82) is 0 Å². The van der Waals surface area contributed by atoms with Gasteiger partial charge < -0.3 is 5.32 Å². The number of rotatable bonds is 4. The first-order valence-corrected chi connectivity index (χ1v) is 10.1. The molecule has 0 aliphatic heterocycles. The molecule has 2 aromatic heterocycles. The Morgan fingerprint density at radius 3 is 2.69 bits per heavy atom. The molecule has 0 amide bonds. The minimum Gasteiger partial charge on any atom is -0.380 e. The highest BCUT2D eigenvalue weighted by Gasteiger charge is 2.56. The number of hydrogen-bond donors (Lipinski definition) is 1. The van der Waals surface area contributed by atoms with E-state index >= 15 is 0 Å². The maximum absolute atomic E-state index is 12.7. The Kier molecular flexibility index (Phi) is 4.41. The van der Waals surface area contributed by atoms with Crippen molar-refractivity contribution in [3.05, 3.63) is 51.1 Å². The van der Waals surface area contributed by atoms with Crippen LogP contribution in [0.1, 0.15) is 39.2 Å². The largest absolute Gasteiger partial charge is 0.380 e. The zero-order valence-electron chi connectivity index (χ0n) is 15.4. The summed E-state index contributed by atoms with van der Waals surface area (Å²) in [6.45, 7) is 7.58. The highest BCUT2D eigenvalue weighted by atomic mass is 79.9. The molecule has 138 valence electrons. The van der Waals surface area contributed by atoms with Crippen molar-refractivity contribution in [1.82, 2.24) is 14.8 Å². The highest BCUT2D eigenvalue weighted by Crippen LogP contribution is 2.61. The second kappa shape index (κ2) is 6.48. The van der Waals surface area contributed by atoms with Crippen molar-refractivity contribution < 1.29 is 0 Å². The topological polar surface area (TPSA) is 59.8 Å². The summed E-state index contributed by atoms with van der Waals surface area (Å²) in [6, 6.07) is 4.19. The lowest BCUT2D eigenvalue weighted by Crippen LogP contribution is -2.58. The Bertz CT molecular complexity index is 864. The standard InChI is InChI=1S/C20H25BrN4O/c1-12-15-8-14(20(15,2)3)9-16(12)24-17-10-23-25(19(26)18(17)21)11-13-4-6-22-7-5-13/h4-7,10,12,14-16,24H,8-9,11H2,1-3H3/t12-,14+,15-,16?/m1/s1. The first-order chi connectivity index (χ1) is 12.4. The van der Waals surface area contributed by atoms with Gasteiger partial charge in [-0.2, -0.15) is 5.10 Å². The van der Waals surface area contributed by atoms with Crippen LogP contribution in [-0.2, 0) is 6.54 Å². The predicted molar refractivity (Wildman–Crippen MR) is 106 cm³/mol. The van der Waals surface area contributed by atoms with E-state index in [9.17, 15) is 4.79 Å². The van der Waals surface area contributed by atoms with Gasteiger partial charge in [0.1, 0.15) is 4.47 Å². The molecule has 5 rings (SSSR count). The summed E-state index contributed by atoms with van der Waals surface area (Å²) in [6.07, 6.45) is 7.73. The van der Waals surface area contributed by atoms with Crippen LogP contribution in [0.2, 0.25) is 0 Å². The van der Waals surface area contributed by atoms with Crippen LogP contribution in [0.4, 0.5) is 5.69 Å². The van der Waals surface area contributed by atoms with E-state index in [0.29, 0.717) is 28.4 Å². The molecule has 1 N–H and O–H groups in total.